The zero-order chi connectivity index (χ0) is 20.1. The number of rotatable bonds is 4. The fraction of sp³-hybridized carbons (Fsp3) is 0.600. The van der Waals surface area contributed by atoms with Crippen LogP contribution in [-0.4, -0.2) is 70.4 Å². The maximum Gasteiger partial charge on any atom is 0.310 e. The third kappa shape index (κ3) is 4.55. The minimum absolute atomic E-state index is 0.159. The third-order valence-corrected chi connectivity index (χ3v) is 5.44. The molecule has 0 aliphatic carbocycles. The first-order valence-electron chi connectivity index (χ1n) is 9.68. The monoisotopic (exact) mass is 392 g/mol. The number of hydrogen-bond acceptors (Lipinski definition) is 5. The molecule has 2 saturated heterocycles. The summed E-state index contributed by atoms with van der Waals surface area (Å²) < 4.78 is 24.8. The molecule has 2 fully saturated rings. The molecule has 2 aliphatic heterocycles. The molecule has 0 spiro atoms. The van der Waals surface area contributed by atoms with Crippen molar-refractivity contribution in [2.75, 3.05) is 58.5 Å². The number of halogens is 1. The van der Waals surface area contributed by atoms with Gasteiger partial charge in [0, 0.05) is 39.8 Å². The van der Waals surface area contributed by atoms with E-state index < -0.39 is 0 Å². The molecule has 0 bridgehead atoms. The van der Waals surface area contributed by atoms with Crippen LogP contribution < -0.4 is 10.2 Å². The van der Waals surface area contributed by atoms with E-state index in [2.05, 4.69) is 10.3 Å². The molecule has 0 radical (unpaired) electrons. The zero-order valence-corrected chi connectivity index (χ0v) is 16.8. The second-order valence-corrected chi connectivity index (χ2v) is 7.30. The van der Waals surface area contributed by atoms with E-state index in [1.807, 2.05) is 28.9 Å². The van der Waals surface area contributed by atoms with Crippen molar-refractivity contribution in [2.45, 2.75) is 13.5 Å². The molecule has 2 aliphatic rings. The smallest absolute Gasteiger partial charge is 0.310 e. The van der Waals surface area contributed by atoms with Crippen LogP contribution in [0, 0.1) is 17.7 Å². The molecular formula is C20H29FN4O3. The highest BCUT2D eigenvalue weighted by Gasteiger charge is 2.36. The fourth-order valence-electron chi connectivity index (χ4n) is 3.83. The highest BCUT2D eigenvalue weighted by molar-refractivity contribution is 5.82. The highest BCUT2D eigenvalue weighted by Crippen LogP contribution is 2.24. The lowest BCUT2D eigenvalue weighted by atomic mass is 9.99. The van der Waals surface area contributed by atoms with Crippen molar-refractivity contribution in [3.63, 3.8) is 0 Å². The largest absolute Gasteiger partial charge is 0.469 e. The van der Waals surface area contributed by atoms with E-state index >= 15 is 0 Å². The molecule has 154 valence electrons. The standard InChI is InChI=1S/C20H29FN4O3/c1-14-12-25(13-16(14)19(26)27-3)20(22-2)23-11-15-4-5-18(17(21)10-15)24-6-8-28-9-7-24/h4-5,10,14,16H,6-9,11-13H2,1-3H3,(H,22,23). The van der Waals surface area contributed by atoms with E-state index in [9.17, 15) is 9.18 Å². The van der Waals surface area contributed by atoms with Gasteiger partial charge in [0.05, 0.1) is 31.9 Å². The van der Waals surface area contributed by atoms with Gasteiger partial charge in [-0.3, -0.25) is 9.79 Å². The highest BCUT2D eigenvalue weighted by atomic mass is 19.1. The van der Waals surface area contributed by atoms with E-state index in [1.165, 1.54) is 7.11 Å². The quantitative estimate of drug-likeness (QED) is 0.476. The van der Waals surface area contributed by atoms with Gasteiger partial charge in [-0.25, -0.2) is 4.39 Å². The molecule has 1 aromatic carbocycles. The summed E-state index contributed by atoms with van der Waals surface area (Å²) >= 11 is 0. The normalized spacial score (nSPS) is 23.1. The van der Waals surface area contributed by atoms with Crippen molar-refractivity contribution in [2.24, 2.45) is 16.8 Å². The van der Waals surface area contributed by atoms with Crippen molar-refractivity contribution in [3.8, 4) is 0 Å². The number of anilines is 1. The Kier molecular flexibility index (Phi) is 6.72. The van der Waals surface area contributed by atoms with Crippen LogP contribution in [0.15, 0.2) is 23.2 Å². The van der Waals surface area contributed by atoms with Gasteiger partial charge in [-0.05, 0) is 23.6 Å². The number of likely N-dealkylation sites (tertiary alicyclic amines) is 1. The molecule has 3 rings (SSSR count). The van der Waals surface area contributed by atoms with Crippen LogP contribution in [0.25, 0.3) is 0 Å². The number of carbonyl (C=O) groups excluding carboxylic acids is 1. The van der Waals surface area contributed by atoms with Crippen molar-refractivity contribution in [1.29, 1.82) is 0 Å². The third-order valence-electron chi connectivity index (χ3n) is 5.44. The van der Waals surface area contributed by atoms with Crippen molar-refractivity contribution >= 4 is 17.6 Å². The molecule has 2 unspecified atom stereocenters. The number of nitrogens with zero attached hydrogens (tertiary/aromatic N) is 3. The number of aliphatic imine (C=N–C) groups is 1. The number of benzene rings is 1. The second kappa shape index (κ2) is 9.23. The van der Waals surface area contributed by atoms with Crippen LogP contribution in [-0.2, 0) is 20.8 Å². The van der Waals surface area contributed by atoms with E-state index in [1.54, 1.807) is 13.1 Å². The molecule has 2 atom stereocenters. The van der Waals surface area contributed by atoms with Gasteiger partial charge >= 0.3 is 5.97 Å². The summed E-state index contributed by atoms with van der Waals surface area (Å²) in [6.07, 6.45) is 0. The lowest BCUT2D eigenvalue weighted by Gasteiger charge is -2.29. The first-order chi connectivity index (χ1) is 13.5. The summed E-state index contributed by atoms with van der Waals surface area (Å²) in [5.74, 6) is 0.323. The number of ether oxygens (including phenoxy) is 2. The van der Waals surface area contributed by atoms with Crippen LogP contribution in [0.5, 0.6) is 0 Å². The van der Waals surface area contributed by atoms with Crippen molar-refractivity contribution < 1.29 is 18.7 Å². The maximum absolute atomic E-state index is 14.6. The number of carbonyl (C=O) groups is 1. The zero-order valence-electron chi connectivity index (χ0n) is 16.8. The van der Waals surface area contributed by atoms with Crippen LogP contribution in [0.1, 0.15) is 12.5 Å². The van der Waals surface area contributed by atoms with Crippen LogP contribution in [0.4, 0.5) is 10.1 Å². The Bertz CT molecular complexity index is 721. The average molecular weight is 392 g/mol. The van der Waals surface area contributed by atoms with Gasteiger partial charge in [-0.2, -0.15) is 0 Å². The van der Waals surface area contributed by atoms with Crippen LogP contribution in [0.3, 0.4) is 0 Å². The number of hydrogen-bond donors (Lipinski definition) is 1. The molecule has 1 aromatic rings. The Morgan fingerprint density at radius 1 is 1.36 bits per heavy atom. The van der Waals surface area contributed by atoms with Crippen molar-refractivity contribution in [1.82, 2.24) is 10.2 Å². The summed E-state index contributed by atoms with van der Waals surface area (Å²) in [7, 11) is 3.13. The lowest BCUT2D eigenvalue weighted by molar-refractivity contribution is -0.145. The van der Waals surface area contributed by atoms with E-state index in [0.717, 1.165) is 12.1 Å². The lowest BCUT2D eigenvalue weighted by Crippen LogP contribution is -2.40. The molecule has 0 saturated carbocycles. The van der Waals surface area contributed by atoms with Crippen LogP contribution >= 0.6 is 0 Å². The molecule has 8 heteroatoms. The van der Waals surface area contributed by atoms with Gasteiger partial charge < -0.3 is 24.6 Å². The fourth-order valence-corrected chi connectivity index (χ4v) is 3.83. The van der Waals surface area contributed by atoms with Gasteiger partial charge in [0.2, 0.25) is 0 Å². The summed E-state index contributed by atoms with van der Waals surface area (Å²) in [5, 5.41) is 3.28. The Hall–Kier alpha value is -2.35. The molecule has 0 amide bonds. The summed E-state index contributed by atoms with van der Waals surface area (Å²) in [5.41, 5.74) is 1.46. The summed E-state index contributed by atoms with van der Waals surface area (Å²) in [6.45, 7) is 6.45. The number of esters is 1. The van der Waals surface area contributed by atoms with Crippen LogP contribution in [0.2, 0.25) is 0 Å². The predicted molar refractivity (Wildman–Crippen MR) is 106 cm³/mol. The Balaban J connectivity index is 1.59. The number of nitrogens with one attached hydrogen (secondary N) is 1. The van der Waals surface area contributed by atoms with Gasteiger partial charge in [0.1, 0.15) is 5.82 Å². The van der Waals surface area contributed by atoms with Gasteiger partial charge in [0.15, 0.2) is 5.96 Å². The van der Waals surface area contributed by atoms with E-state index in [4.69, 9.17) is 9.47 Å². The second-order valence-electron chi connectivity index (χ2n) is 7.30. The minimum atomic E-state index is -0.225. The summed E-state index contributed by atoms with van der Waals surface area (Å²) in [4.78, 5) is 20.3. The molecule has 28 heavy (non-hydrogen) atoms. The first kappa shape index (κ1) is 20.4. The van der Waals surface area contributed by atoms with E-state index in [-0.39, 0.29) is 23.6 Å². The topological polar surface area (TPSA) is 66.4 Å². The van der Waals surface area contributed by atoms with Gasteiger partial charge in [-0.15, -0.1) is 0 Å². The Morgan fingerprint density at radius 2 is 2.11 bits per heavy atom. The molecule has 0 aromatic heterocycles. The Labute approximate surface area is 165 Å². The minimum Gasteiger partial charge on any atom is -0.469 e. The average Bonchev–Trinajstić information content (AvgIpc) is 3.10. The Morgan fingerprint density at radius 3 is 2.75 bits per heavy atom. The maximum atomic E-state index is 14.6. The summed E-state index contributed by atoms with van der Waals surface area (Å²) in [6, 6.07) is 5.32. The number of methoxy groups -OCH3 is 1. The first-order valence-corrected chi connectivity index (χ1v) is 9.68. The SMILES string of the molecule is CN=C(NCc1ccc(N2CCOCC2)c(F)c1)N1CC(C)C(C(=O)OC)C1. The molecule has 1 N–H and O–H groups in total. The predicted octanol–water partition coefficient (Wildman–Crippen LogP) is 1.48. The van der Waals surface area contributed by atoms with E-state index in [0.29, 0.717) is 51.0 Å². The molecule has 7 nitrogen and oxygen atoms in total. The molecular weight excluding hydrogens is 363 g/mol. The molecule has 2 heterocycles. The van der Waals surface area contributed by atoms with Gasteiger partial charge in [-0.1, -0.05) is 13.0 Å². The van der Waals surface area contributed by atoms with Gasteiger partial charge in [0.25, 0.3) is 0 Å². The number of morpholine rings is 1. The van der Waals surface area contributed by atoms with Crippen molar-refractivity contribution in [3.05, 3.63) is 29.6 Å². The number of guanidine groups is 1.